The fraction of sp³-hybridized carbons (Fsp3) is 0.387. The number of nitrogens with zero attached hydrogens (tertiary/aromatic N) is 8. The van der Waals surface area contributed by atoms with Gasteiger partial charge in [0.25, 0.3) is 11.1 Å². The van der Waals surface area contributed by atoms with Gasteiger partial charge in [-0.2, -0.15) is 36.3 Å². The Morgan fingerprint density at radius 1 is 0.536 bits per heavy atom. The lowest BCUT2D eigenvalue weighted by Crippen LogP contribution is -2.40. The highest BCUT2D eigenvalue weighted by Crippen LogP contribution is 2.35. The van der Waals surface area contributed by atoms with E-state index in [0.29, 0.717) is 40.0 Å². The van der Waals surface area contributed by atoms with Gasteiger partial charge in [0.05, 0.1) is 30.3 Å². The van der Waals surface area contributed by atoms with Gasteiger partial charge in [-0.3, -0.25) is 19.2 Å². The van der Waals surface area contributed by atoms with Gasteiger partial charge in [-0.05, 0) is 183 Å². The van der Waals surface area contributed by atoms with Crippen molar-refractivity contribution in [1.82, 2.24) is 38.7 Å². The van der Waals surface area contributed by atoms with Gasteiger partial charge in [0.15, 0.2) is 10.3 Å². The van der Waals surface area contributed by atoms with Crippen LogP contribution in [-0.4, -0.2) is 103 Å². The molecule has 2 heterocycles. The third kappa shape index (κ3) is 19.7. The highest BCUT2D eigenvalue weighted by atomic mass is 32.2. The third-order valence-electron chi connectivity index (χ3n) is 14.8. The number of carbonyl (C=O) groups is 2. The SMILES string of the molecule is C.[2H]c1c([2H])c(-c2ccc(C(F)(F)F)cc2)c(C)c([2H])c1CN(C(=O)C([2H])([2H])n1c(SC([2H])([2H])c2ccc(F)cc2)nc(=O)c2c1CCC2)C([2H])([2H])C([2H])([2H])N(C([2H])([2H])C)C([2H])([2H])C.[2H]c1c([2H])c(C([2H])([2H])N(CCN(C([2H])([2H])C)C([2H])([2H])C)C(=O)C([2H])([2H])n2c(SC([2H])([2H])c3ccc(F)cc3)nc(=O)c3c2CCC3)c([2H])c(C)c1-c1ccc(C(F)(F)F)cc1. The molecule has 10 rings (SSSR count). The Kier molecular flexibility index (Phi) is 15.8. The van der Waals surface area contributed by atoms with Crippen molar-refractivity contribution in [1.29, 1.82) is 0 Å². The van der Waals surface area contributed by atoms with Gasteiger partial charge in [-0.15, -0.1) is 0 Å². The van der Waals surface area contributed by atoms with Crippen molar-refractivity contribution >= 4 is 35.3 Å². The summed E-state index contributed by atoms with van der Waals surface area (Å²) >= 11 is 0.347. The largest absolute Gasteiger partial charge is 0.416 e. The molecule has 0 fully saturated rings. The number of carbonyl (C=O) groups excluding carboxylic acids is 2. The molecule has 97 heavy (non-hydrogen) atoms. The molecule has 0 radical (unpaired) electrons. The van der Waals surface area contributed by atoms with Crippen LogP contribution in [0.1, 0.15) is 153 Å². The van der Waals surface area contributed by atoms with Crippen LogP contribution in [-0.2, 0) is 85.1 Å². The molecule has 0 aliphatic heterocycles. The Morgan fingerprint density at radius 3 is 1.37 bits per heavy atom. The van der Waals surface area contributed by atoms with E-state index in [1.807, 2.05) is 0 Å². The Hall–Kier alpha value is -7.92. The zero-order chi connectivity index (χ0) is 93.8. The smallest absolute Gasteiger partial charge is 0.336 e. The van der Waals surface area contributed by atoms with Crippen molar-refractivity contribution in [2.45, 2.75) is 148 Å². The summed E-state index contributed by atoms with van der Waals surface area (Å²) in [6.45, 7) is -27.1. The summed E-state index contributed by atoms with van der Waals surface area (Å²) in [6.07, 6.45) is -8.91. The number of fused-ring (bicyclic) bond motifs is 2. The molecule has 2 aliphatic rings. The van der Waals surface area contributed by atoms with Gasteiger partial charge in [0.2, 0.25) is 11.8 Å². The van der Waals surface area contributed by atoms with Crippen LogP contribution in [0.5, 0.6) is 0 Å². The van der Waals surface area contributed by atoms with E-state index in [-0.39, 0.29) is 151 Å². The van der Waals surface area contributed by atoms with Crippen molar-refractivity contribution in [2.24, 2.45) is 0 Å². The van der Waals surface area contributed by atoms with E-state index >= 15 is 4.79 Å². The molecular weight excluding hydrogens is 1290 g/mol. The Labute approximate surface area is 610 Å². The zero-order valence-corrected chi connectivity index (χ0v) is 53.8. The average molecular weight is 1410 g/mol. The molecule has 22 heteroatoms. The third-order valence-corrected chi connectivity index (χ3v) is 16.4. The topological polar surface area (TPSA) is 117 Å². The lowest BCUT2D eigenvalue weighted by atomic mass is 9.97. The molecular formula is C75H84F8N8O4S2. The maximum Gasteiger partial charge on any atom is 0.416 e. The van der Waals surface area contributed by atoms with E-state index in [0.717, 1.165) is 98.8 Å². The molecule has 6 aromatic carbocycles. The van der Waals surface area contributed by atoms with Gasteiger partial charge in [0.1, 0.15) is 24.6 Å². The molecule has 0 spiro atoms. The standard InChI is InChI=1S/2C37H40F4N4O2S.CH4/c2*1-4-43(5-2)19-20-44(22-27-11-18-31(25(3)21-27)28-12-14-29(15-13-28)37(39,40)41)34(46)23-45-33-8-6-7-32(33)35(47)42-36(45)48-24-26-9-16-30(38)17-10-26;/h2*9-18,21H,4-8,19-20,22-24H2,1-3H3;1H4/i4D2,5D2,11D,18D,19D2,20D2,21D,23D2,24D2;4D2,5D2,11D,18D,21D,22D2,23D2,24D2;. The predicted molar refractivity (Wildman–Crippen MR) is 369 cm³/mol. The van der Waals surface area contributed by atoms with Crippen LogP contribution in [0.25, 0.3) is 22.3 Å². The highest BCUT2D eigenvalue weighted by Gasteiger charge is 2.32. The van der Waals surface area contributed by atoms with Crippen molar-refractivity contribution in [3.05, 3.63) is 233 Å². The number of halogens is 8. The molecule has 2 aliphatic carbocycles. The number of benzene rings is 6. The maximum absolute atomic E-state index is 15.1. The summed E-state index contributed by atoms with van der Waals surface area (Å²) < 4.78 is 357. The van der Waals surface area contributed by atoms with Crippen LogP contribution in [0.15, 0.2) is 153 Å². The van der Waals surface area contributed by atoms with E-state index in [9.17, 15) is 60.5 Å². The van der Waals surface area contributed by atoms with Crippen LogP contribution in [0.2, 0.25) is 0 Å². The molecule has 0 N–H and O–H groups in total. The number of amides is 2. The first-order chi connectivity index (χ1) is 56.4. The molecule has 12 nitrogen and oxygen atoms in total. The number of thioether (sulfide) groups is 2. The highest BCUT2D eigenvalue weighted by molar-refractivity contribution is 7.98. The Bertz CT molecular complexity index is 5450. The first kappa shape index (κ1) is 44.9. The fourth-order valence-corrected chi connectivity index (χ4v) is 11.4. The van der Waals surface area contributed by atoms with Crippen LogP contribution < -0.4 is 11.1 Å². The van der Waals surface area contributed by atoms with E-state index in [4.69, 9.17) is 27.4 Å². The second-order valence-corrected chi connectivity index (χ2v) is 22.6. The van der Waals surface area contributed by atoms with Crippen molar-refractivity contribution in [3.8, 4) is 22.3 Å². The van der Waals surface area contributed by atoms with Gasteiger partial charge in [-0.1, -0.05) is 143 Å². The average Bonchev–Trinajstić information content (AvgIpc) is 1.70. The Morgan fingerprint density at radius 2 is 0.948 bits per heavy atom. The molecule has 0 bridgehead atoms. The number of hydrogen-bond acceptors (Lipinski definition) is 10. The summed E-state index contributed by atoms with van der Waals surface area (Å²) in [5.74, 6) is -5.21. The summed E-state index contributed by atoms with van der Waals surface area (Å²) in [5.41, 5.74) is -12.1. The normalized spacial score (nSPS) is 18.6. The first-order valence-corrected chi connectivity index (χ1v) is 31.0. The molecule has 0 saturated heterocycles. The molecule has 0 atom stereocenters. The number of hydrogen-bond donors (Lipinski definition) is 0. The van der Waals surface area contributed by atoms with Crippen LogP contribution in [0, 0.1) is 25.5 Å². The molecule has 516 valence electrons. The minimum atomic E-state index is -4.73. The minimum absolute atomic E-state index is 0. The molecule has 2 aromatic heterocycles. The second-order valence-electron chi connectivity index (χ2n) is 21.1. The quantitative estimate of drug-likeness (QED) is 0.0295. The number of likely N-dealkylation sites (N-methyl/N-ethyl adjacent to an activating group) is 2. The van der Waals surface area contributed by atoms with Crippen LogP contribution >= 0.6 is 23.5 Å². The van der Waals surface area contributed by atoms with Gasteiger partial charge >= 0.3 is 12.4 Å². The lowest BCUT2D eigenvalue weighted by molar-refractivity contribution is -0.138. The fourth-order valence-electron chi connectivity index (χ4n) is 9.92. The van der Waals surface area contributed by atoms with Crippen molar-refractivity contribution < 1.29 is 83.1 Å². The summed E-state index contributed by atoms with van der Waals surface area (Å²) in [4.78, 5) is 64.9. The van der Waals surface area contributed by atoms with E-state index < -0.39 is 205 Å². The number of alkyl halides is 6. The van der Waals surface area contributed by atoms with Crippen LogP contribution in [0.4, 0.5) is 35.1 Å². The summed E-state index contributed by atoms with van der Waals surface area (Å²) in [6, 6.07) is 10.2. The van der Waals surface area contributed by atoms with E-state index in [2.05, 4.69) is 9.97 Å². The molecule has 0 unspecified atom stereocenters. The Balaban J connectivity index is 0.000000307. The van der Waals surface area contributed by atoms with Gasteiger partial charge < -0.3 is 28.7 Å². The van der Waals surface area contributed by atoms with E-state index in [1.54, 1.807) is 0 Å². The number of rotatable bonds is 26. The lowest BCUT2D eigenvalue weighted by Gasteiger charge is -2.28. The molecule has 2 amide bonds. The number of aromatic nitrogens is 4. The molecule has 0 saturated carbocycles. The van der Waals surface area contributed by atoms with E-state index in [1.165, 1.54) is 13.8 Å². The van der Waals surface area contributed by atoms with Gasteiger partial charge in [0, 0.05) is 92.2 Å². The zero-order valence-electron chi connectivity index (χ0n) is 80.2. The summed E-state index contributed by atoms with van der Waals surface area (Å²) in [5, 5.41) is -1.43. The first-order valence-electron chi connectivity index (χ1n) is 43.4. The minimum Gasteiger partial charge on any atom is -0.336 e. The second kappa shape index (κ2) is 34.0. The van der Waals surface area contributed by atoms with Crippen molar-refractivity contribution in [2.75, 3.05) is 52.1 Å². The summed E-state index contributed by atoms with van der Waals surface area (Å²) in [7, 11) is 0. The van der Waals surface area contributed by atoms with Crippen LogP contribution in [0.3, 0.4) is 0 Å². The molecule has 8 aromatic rings. The van der Waals surface area contributed by atoms with Gasteiger partial charge in [-0.25, -0.2) is 8.78 Å². The predicted octanol–water partition coefficient (Wildman–Crippen LogP) is 15.7. The maximum atomic E-state index is 15.1. The van der Waals surface area contributed by atoms with Crippen molar-refractivity contribution in [3.63, 3.8) is 0 Å². The monoisotopic (exact) mass is 1400 g/mol.